The standard InChI is InChI=1S/C27H34IN3O7/c28-30-13-14-36-15-16-37-18-25(32)29-12-6-5-11-24(26(33)34)31-27(35)38-17-23-21-9-3-1-7-19(21)20-8-2-4-10-22(20)23/h1-4,7-10,23-24,30H,5-6,11-18H2,(H,29,32)(H,31,35)(H,33,34)/t24-/m0/s1. The number of ether oxygens (including phenoxy) is 3. The number of carboxylic acid groups (broad SMARTS) is 1. The second-order valence-corrected chi connectivity index (χ2v) is 9.52. The average Bonchev–Trinajstić information content (AvgIpc) is 3.24. The molecule has 0 heterocycles. The maximum absolute atomic E-state index is 12.4. The highest BCUT2D eigenvalue weighted by Crippen LogP contribution is 2.44. The molecule has 11 heteroatoms. The lowest BCUT2D eigenvalue weighted by molar-refractivity contribution is -0.139. The molecular weight excluding hydrogens is 605 g/mol. The third-order valence-electron chi connectivity index (χ3n) is 6.12. The van der Waals surface area contributed by atoms with Gasteiger partial charge in [0, 0.05) is 41.9 Å². The van der Waals surface area contributed by atoms with Crippen molar-refractivity contribution in [3.8, 4) is 11.1 Å². The number of hydrogen-bond acceptors (Lipinski definition) is 7. The monoisotopic (exact) mass is 639 g/mol. The van der Waals surface area contributed by atoms with Gasteiger partial charge in [-0.05, 0) is 41.5 Å². The summed E-state index contributed by atoms with van der Waals surface area (Å²) in [5, 5.41) is 14.7. The lowest BCUT2D eigenvalue weighted by atomic mass is 9.98. The summed E-state index contributed by atoms with van der Waals surface area (Å²) >= 11 is 2.04. The molecule has 38 heavy (non-hydrogen) atoms. The maximum Gasteiger partial charge on any atom is 0.407 e. The summed E-state index contributed by atoms with van der Waals surface area (Å²) in [6, 6.07) is 14.9. The molecule has 1 atom stereocenters. The van der Waals surface area contributed by atoms with Crippen LogP contribution in [0.25, 0.3) is 11.1 Å². The zero-order valence-electron chi connectivity index (χ0n) is 21.1. The number of halogens is 1. The van der Waals surface area contributed by atoms with Crippen LogP contribution in [0.4, 0.5) is 4.79 Å². The fourth-order valence-corrected chi connectivity index (χ4v) is 4.51. The zero-order valence-corrected chi connectivity index (χ0v) is 23.3. The van der Waals surface area contributed by atoms with Gasteiger partial charge in [0.1, 0.15) is 19.3 Å². The number of unbranched alkanes of at least 4 members (excludes halogenated alkanes) is 1. The van der Waals surface area contributed by atoms with Gasteiger partial charge in [-0.2, -0.15) is 0 Å². The van der Waals surface area contributed by atoms with Gasteiger partial charge in [0.25, 0.3) is 0 Å². The second-order valence-electron chi connectivity index (χ2n) is 8.76. The van der Waals surface area contributed by atoms with E-state index in [0.717, 1.165) is 28.8 Å². The number of rotatable bonds is 17. The molecule has 4 N–H and O–H groups in total. The highest BCUT2D eigenvalue weighted by Gasteiger charge is 2.29. The van der Waals surface area contributed by atoms with E-state index in [2.05, 4.69) is 14.2 Å². The molecule has 0 fully saturated rings. The largest absolute Gasteiger partial charge is 0.480 e. The minimum Gasteiger partial charge on any atom is -0.480 e. The number of fused-ring (bicyclic) bond motifs is 3. The molecule has 0 unspecified atom stereocenters. The Labute approximate surface area is 236 Å². The fourth-order valence-electron chi connectivity index (χ4n) is 4.29. The van der Waals surface area contributed by atoms with Crippen molar-refractivity contribution in [2.75, 3.05) is 46.1 Å². The number of amides is 2. The quantitative estimate of drug-likeness (QED) is 0.118. The van der Waals surface area contributed by atoms with E-state index < -0.39 is 18.1 Å². The number of alkyl carbamates (subject to hydrolysis) is 1. The Morgan fingerprint density at radius 2 is 1.55 bits per heavy atom. The summed E-state index contributed by atoms with van der Waals surface area (Å²) in [6.07, 6.45) is 0.517. The molecule has 1 aliphatic carbocycles. The molecule has 10 nitrogen and oxygen atoms in total. The molecule has 3 rings (SSSR count). The van der Waals surface area contributed by atoms with Crippen molar-refractivity contribution in [2.45, 2.75) is 31.2 Å². The zero-order chi connectivity index (χ0) is 27.2. The first-order valence-electron chi connectivity index (χ1n) is 12.6. The number of aliphatic carboxylic acids is 1. The molecule has 206 valence electrons. The second kappa shape index (κ2) is 16.3. The van der Waals surface area contributed by atoms with Crippen molar-refractivity contribution < 1.29 is 33.7 Å². The van der Waals surface area contributed by atoms with Crippen LogP contribution < -0.4 is 14.2 Å². The summed E-state index contributed by atoms with van der Waals surface area (Å²) in [5.74, 6) is -1.48. The van der Waals surface area contributed by atoms with Gasteiger partial charge < -0.3 is 30.0 Å². The Kier molecular flexibility index (Phi) is 12.8. The van der Waals surface area contributed by atoms with E-state index in [0.29, 0.717) is 39.2 Å². The SMILES string of the molecule is O=C(COCCOCCNI)NCCCC[C@H](NC(=O)OCC1c2ccccc2-c2ccccc21)C(=O)O. The normalized spacial score (nSPS) is 12.9. The Bertz CT molecular complexity index is 1020. The predicted octanol–water partition coefficient (Wildman–Crippen LogP) is 3.24. The number of carbonyl (C=O) groups is 3. The van der Waals surface area contributed by atoms with Gasteiger partial charge >= 0.3 is 12.1 Å². The van der Waals surface area contributed by atoms with Crippen molar-refractivity contribution in [3.63, 3.8) is 0 Å². The summed E-state index contributed by atoms with van der Waals surface area (Å²) in [5.41, 5.74) is 4.41. The molecular formula is C27H34IN3O7. The molecule has 0 radical (unpaired) electrons. The molecule has 0 saturated heterocycles. The molecule has 0 aromatic heterocycles. The number of hydrogen-bond donors (Lipinski definition) is 4. The minimum absolute atomic E-state index is 0.0605. The Morgan fingerprint density at radius 3 is 2.21 bits per heavy atom. The van der Waals surface area contributed by atoms with Crippen molar-refractivity contribution in [3.05, 3.63) is 59.7 Å². The van der Waals surface area contributed by atoms with Crippen molar-refractivity contribution in [1.82, 2.24) is 14.2 Å². The first-order valence-corrected chi connectivity index (χ1v) is 13.7. The lowest BCUT2D eigenvalue weighted by Gasteiger charge is -2.17. The van der Waals surface area contributed by atoms with Crippen LogP contribution in [0.2, 0.25) is 0 Å². The van der Waals surface area contributed by atoms with Gasteiger partial charge in [0.05, 0.1) is 19.8 Å². The molecule has 0 aliphatic heterocycles. The Hall–Kier alpha value is -2.74. The molecule has 2 aromatic carbocycles. The van der Waals surface area contributed by atoms with Crippen LogP contribution in [0.3, 0.4) is 0 Å². The number of carboxylic acids is 1. The summed E-state index contributed by atoms with van der Waals surface area (Å²) in [7, 11) is 0. The first kappa shape index (κ1) is 29.8. The van der Waals surface area contributed by atoms with E-state index in [4.69, 9.17) is 14.2 Å². The van der Waals surface area contributed by atoms with E-state index in [9.17, 15) is 19.5 Å². The topological polar surface area (TPSA) is 135 Å². The highest BCUT2D eigenvalue weighted by atomic mass is 127. The van der Waals surface area contributed by atoms with Gasteiger partial charge in [0.15, 0.2) is 0 Å². The van der Waals surface area contributed by atoms with E-state index >= 15 is 0 Å². The van der Waals surface area contributed by atoms with E-state index in [-0.39, 0.29) is 31.5 Å². The summed E-state index contributed by atoms with van der Waals surface area (Å²) in [4.78, 5) is 35.9. The van der Waals surface area contributed by atoms with Crippen LogP contribution in [0.5, 0.6) is 0 Å². The first-order chi connectivity index (χ1) is 18.5. The molecule has 0 saturated carbocycles. The van der Waals surface area contributed by atoms with Crippen LogP contribution >= 0.6 is 22.9 Å². The van der Waals surface area contributed by atoms with Crippen molar-refractivity contribution in [2.24, 2.45) is 0 Å². The third kappa shape index (κ3) is 9.22. The van der Waals surface area contributed by atoms with Crippen LogP contribution in [0.1, 0.15) is 36.3 Å². The Balaban J connectivity index is 1.33. The lowest BCUT2D eigenvalue weighted by Crippen LogP contribution is -2.41. The van der Waals surface area contributed by atoms with E-state index in [1.807, 2.05) is 71.4 Å². The van der Waals surface area contributed by atoms with Crippen LogP contribution in [0, 0.1) is 0 Å². The molecule has 0 bridgehead atoms. The van der Waals surface area contributed by atoms with E-state index in [1.165, 1.54) is 0 Å². The van der Waals surface area contributed by atoms with Crippen LogP contribution in [-0.2, 0) is 23.8 Å². The minimum atomic E-state index is -1.13. The molecule has 0 spiro atoms. The average molecular weight is 639 g/mol. The fraction of sp³-hybridized carbons (Fsp3) is 0.444. The number of nitrogens with one attached hydrogen (secondary N) is 3. The van der Waals surface area contributed by atoms with Crippen LogP contribution in [0.15, 0.2) is 48.5 Å². The van der Waals surface area contributed by atoms with Gasteiger partial charge in [0.2, 0.25) is 5.91 Å². The Morgan fingerprint density at radius 1 is 0.895 bits per heavy atom. The molecule has 1 aliphatic rings. The number of carbonyl (C=O) groups excluding carboxylic acids is 2. The smallest absolute Gasteiger partial charge is 0.407 e. The van der Waals surface area contributed by atoms with Gasteiger partial charge in [-0.25, -0.2) is 9.59 Å². The molecule has 2 aromatic rings. The maximum atomic E-state index is 12.4. The summed E-state index contributed by atoms with van der Waals surface area (Å²) in [6.45, 7) is 2.50. The third-order valence-corrected chi connectivity index (χ3v) is 6.66. The predicted molar refractivity (Wildman–Crippen MR) is 150 cm³/mol. The van der Waals surface area contributed by atoms with Crippen LogP contribution in [-0.4, -0.2) is 75.2 Å². The molecule has 2 amide bonds. The van der Waals surface area contributed by atoms with E-state index in [1.54, 1.807) is 0 Å². The summed E-state index contributed by atoms with van der Waals surface area (Å²) < 4.78 is 18.9. The van der Waals surface area contributed by atoms with Gasteiger partial charge in [-0.3, -0.25) is 8.32 Å². The highest BCUT2D eigenvalue weighted by molar-refractivity contribution is 14.1. The number of benzene rings is 2. The van der Waals surface area contributed by atoms with Crippen molar-refractivity contribution >= 4 is 40.8 Å². The van der Waals surface area contributed by atoms with Crippen molar-refractivity contribution in [1.29, 1.82) is 0 Å². The van der Waals surface area contributed by atoms with Gasteiger partial charge in [-0.15, -0.1) is 0 Å². The van der Waals surface area contributed by atoms with Gasteiger partial charge in [-0.1, -0.05) is 48.5 Å².